The third-order valence-electron chi connectivity index (χ3n) is 4.04. The third kappa shape index (κ3) is 3.70. The van der Waals surface area contributed by atoms with Gasteiger partial charge >= 0.3 is 0 Å². The van der Waals surface area contributed by atoms with Crippen molar-refractivity contribution in [3.63, 3.8) is 0 Å². The molecular weight excluding hydrogens is 346 g/mol. The van der Waals surface area contributed by atoms with Crippen LogP contribution in [0.25, 0.3) is 0 Å². The van der Waals surface area contributed by atoms with Crippen molar-refractivity contribution in [2.75, 3.05) is 18.2 Å². The van der Waals surface area contributed by atoms with Crippen LogP contribution in [0.15, 0.2) is 48.5 Å². The summed E-state index contributed by atoms with van der Waals surface area (Å²) in [5.41, 5.74) is 8.62. The van der Waals surface area contributed by atoms with E-state index in [1.807, 2.05) is 18.2 Å². The molecule has 134 valence electrons. The van der Waals surface area contributed by atoms with Crippen LogP contribution in [0.5, 0.6) is 5.75 Å². The van der Waals surface area contributed by atoms with Gasteiger partial charge in [-0.25, -0.2) is 4.98 Å². The molecule has 1 aromatic heterocycles. The number of aromatic nitrogens is 1. The van der Waals surface area contributed by atoms with Gasteiger partial charge in [0.25, 0.3) is 0 Å². The average Bonchev–Trinajstić information content (AvgIpc) is 3.01. The molecule has 0 radical (unpaired) electrons. The number of nitrogens with zero attached hydrogens (tertiary/aromatic N) is 1. The summed E-state index contributed by atoms with van der Waals surface area (Å²) in [6.45, 7) is 4.30. The molecule has 0 saturated carbocycles. The molecule has 5 nitrogen and oxygen atoms in total. The van der Waals surface area contributed by atoms with Crippen LogP contribution in [-0.4, -0.2) is 17.9 Å². The molecule has 0 aliphatic rings. The molecule has 26 heavy (non-hydrogen) atoms. The Morgan fingerprint density at radius 3 is 2.50 bits per heavy atom. The van der Waals surface area contributed by atoms with Gasteiger partial charge in [0.05, 0.1) is 12.7 Å². The van der Waals surface area contributed by atoms with Crippen LogP contribution in [0.1, 0.15) is 40.6 Å². The first-order valence-corrected chi connectivity index (χ1v) is 9.12. The summed E-state index contributed by atoms with van der Waals surface area (Å²) in [5, 5.41) is 3.79. The van der Waals surface area contributed by atoms with Crippen LogP contribution in [0.2, 0.25) is 0 Å². The molecule has 3 aromatic rings. The second-order valence-electron chi connectivity index (χ2n) is 6.16. The molecule has 2 aromatic carbocycles. The van der Waals surface area contributed by atoms with Crippen molar-refractivity contribution < 1.29 is 9.53 Å². The number of hydrogen-bond donors (Lipinski definition) is 2. The molecule has 1 heterocycles. The van der Waals surface area contributed by atoms with E-state index in [-0.39, 0.29) is 11.6 Å². The Kier molecular flexibility index (Phi) is 5.23. The Morgan fingerprint density at radius 1 is 1.15 bits per heavy atom. The number of ketones is 1. The second kappa shape index (κ2) is 7.58. The van der Waals surface area contributed by atoms with E-state index in [2.05, 4.69) is 36.3 Å². The molecule has 6 heteroatoms. The van der Waals surface area contributed by atoms with Crippen LogP contribution in [0.4, 0.5) is 16.6 Å². The first kappa shape index (κ1) is 17.9. The summed E-state index contributed by atoms with van der Waals surface area (Å²) in [5.74, 6) is 1.02. The maximum Gasteiger partial charge on any atom is 0.210 e. The fourth-order valence-corrected chi connectivity index (χ4v) is 3.44. The number of nitrogens with one attached hydrogen (secondary N) is 1. The summed E-state index contributed by atoms with van der Waals surface area (Å²) in [4.78, 5) is 17.5. The van der Waals surface area contributed by atoms with Crippen LogP contribution >= 0.6 is 11.3 Å². The highest BCUT2D eigenvalue weighted by molar-refractivity contribution is 7.18. The maximum atomic E-state index is 12.8. The third-order valence-corrected chi connectivity index (χ3v) is 5.03. The van der Waals surface area contributed by atoms with Crippen LogP contribution < -0.4 is 15.8 Å². The monoisotopic (exact) mass is 367 g/mol. The number of carbonyl (C=O) groups excluding carboxylic acids is 1. The molecule has 0 spiro atoms. The number of ether oxygens (including phenoxy) is 1. The molecule has 3 N–H and O–H groups in total. The lowest BCUT2D eigenvalue weighted by Crippen LogP contribution is -2.04. The van der Waals surface area contributed by atoms with Crippen molar-refractivity contribution in [1.82, 2.24) is 4.98 Å². The van der Waals surface area contributed by atoms with Gasteiger partial charge in [0.2, 0.25) is 5.78 Å². The fraction of sp³-hybridized carbons (Fsp3) is 0.200. The smallest absolute Gasteiger partial charge is 0.210 e. The quantitative estimate of drug-likeness (QED) is 0.610. The zero-order chi connectivity index (χ0) is 18.7. The predicted molar refractivity (Wildman–Crippen MR) is 107 cm³/mol. The maximum absolute atomic E-state index is 12.8. The highest BCUT2D eigenvalue weighted by atomic mass is 32.1. The van der Waals surface area contributed by atoms with Gasteiger partial charge in [-0.3, -0.25) is 4.79 Å². The number of rotatable bonds is 6. The van der Waals surface area contributed by atoms with E-state index in [0.29, 0.717) is 27.2 Å². The predicted octanol–water partition coefficient (Wildman–Crippen LogP) is 4.83. The van der Waals surface area contributed by atoms with Crippen molar-refractivity contribution in [2.24, 2.45) is 0 Å². The lowest BCUT2D eigenvalue weighted by molar-refractivity contribution is 0.104. The topological polar surface area (TPSA) is 77.2 Å². The van der Waals surface area contributed by atoms with E-state index in [4.69, 9.17) is 10.5 Å². The Bertz CT molecular complexity index is 917. The number of methoxy groups -OCH3 is 1. The Labute approximate surface area is 156 Å². The molecule has 0 atom stereocenters. The fourth-order valence-electron chi connectivity index (χ4n) is 2.58. The van der Waals surface area contributed by atoms with E-state index in [1.165, 1.54) is 24.0 Å². The summed E-state index contributed by atoms with van der Waals surface area (Å²) >= 11 is 1.23. The average molecular weight is 367 g/mol. The van der Waals surface area contributed by atoms with Crippen LogP contribution in [0.3, 0.4) is 0 Å². The number of anilines is 3. The molecular formula is C20H21N3O2S. The number of carbonyl (C=O) groups is 1. The van der Waals surface area contributed by atoms with E-state index >= 15 is 0 Å². The normalized spacial score (nSPS) is 10.8. The minimum Gasteiger partial charge on any atom is -0.496 e. The number of nitrogens with two attached hydrogens (primary N) is 1. The Morgan fingerprint density at radius 2 is 1.85 bits per heavy atom. The number of hydrogen-bond acceptors (Lipinski definition) is 6. The van der Waals surface area contributed by atoms with Crippen molar-refractivity contribution in [3.8, 4) is 5.75 Å². The van der Waals surface area contributed by atoms with Crippen LogP contribution in [0, 0.1) is 0 Å². The minimum atomic E-state index is -0.194. The largest absolute Gasteiger partial charge is 0.496 e. The van der Waals surface area contributed by atoms with Crippen molar-refractivity contribution >= 4 is 33.8 Å². The van der Waals surface area contributed by atoms with Gasteiger partial charge in [0.15, 0.2) is 5.13 Å². The lowest BCUT2D eigenvalue weighted by Gasteiger charge is -2.07. The summed E-state index contributed by atoms with van der Waals surface area (Å²) < 4.78 is 5.27. The molecule has 0 aliphatic carbocycles. The first-order valence-electron chi connectivity index (χ1n) is 8.30. The molecule has 0 saturated heterocycles. The van der Waals surface area contributed by atoms with E-state index in [9.17, 15) is 4.79 Å². The molecule has 0 aliphatic heterocycles. The number of para-hydroxylation sites is 1. The van der Waals surface area contributed by atoms with Gasteiger partial charge in [-0.15, -0.1) is 0 Å². The van der Waals surface area contributed by atoms with Gasteiger partial charge < -0.3 is 15.8 Å². The molecule has 0 fully saturated rings. The number of benzene rings is 2. The van der Waals surface area contributed by atoms with Gasteiger partial charge in [-0.05, 0) is 35.7 Å². The molecule has 0 unspecified atom stereocenters. The minimum absolute atomic E-state index is 0.194. The van der Waals surface area contributed by atoms with Crippen molar-refractivity contribution in [2.45, 2.75) is 19.8 Å². The lowest BCUT2D eigenvalue weighted by atomic mass is 10.0. The molecule has 0 bridgehead atoms. The standard InChI is InChI=1S/C20H21N3O2S/c1-12(2)13-8-10-14(11-9-13)22-20-23-19(21)18(26-20)17(24)15-6-4-5-7-16(15)25-3/h4-12H,21H2,1-3H3,(H,22,23). The Balaban J connectivity index is 1.84. The van der Waals surface area contributed by atoms with Crippen LogP contribution in [-0.2, 0) is 0 Å². The van der Waals surface area contributed by atoms with E-state index < -0.39 is 0 Å². The molecule has 3 rings (SSSR count). The summed E-state index contributed by atoms with van der Waals surface area (Å²) in [7, 11) is 1.54. The first-order chi connectivity index (χ1) is 12.5. The van der Waals surface area contributed by atoms with Gasteiger partial charge in [-0.1, -0.05) is 49.4 Å². The summed E-state index contributed by atoms with van der Waals surface area (Å²) in [6.07, 6.45) is 0. The number of thiazole rings is 1. The van der Waals surface area contributed by atoms with Gasteiger partial charge in [-0.2, -0.15) is 0 Å². The highest BCUT2D eigenvalue weighted by Gasteiger charge is 2.21. The SMILES string of the molecule is COc1ccccc1C(=O)c1sc(Nc2ccc(C(C)C)cc2)nc1N. The highest BCUT2D eigenvalue weighted by Crippen LogP contribution is 2.32. The Hall–Kier alpha value is -2.86. The van der Waals surface area contributed by atoms with Crippen molar-refractivity contribution in [1.29, 1.82) is 0 Å². The van der Waals surface area contributed by atoms with Crippen molar-refractivity contribution in [3.05, 3.63) is 64.5 Å². The van der Waals surface area contributed by atoms with E-state index in [1.54, 1.807) is 18.2 Å². The van der Waals surface area contributed by atoms with Gasteiger partial charge in [0.1, 0.15) is 16.4 Å². The zero-order valence-electron chi connectivity index (χ0n) is 14.9. The number of nitrogen functional groups attached to an aromatic ring is 1. The molecule has 0 amide bonds. The van der Waals surface area contributed by atoms with E-state index in [0.717, 1.165) is 5.69 Å². The van der Waals surface area contributed by atoms with Gasteiger partial charge in [0, 0.05) is 5.69 Å². The summed E-state index contributed by atoms with van der Waals surface area (Å²) in [6, 6.07) is 15.2. The zero-order valence-corrected chi connectivity index (χ0v) is 15.8. The second-order valence-corrected chi connectivity index (χ2v) is 7.16.